The van der Waals surface area contributed by atoms with Crippen molar-refractivity contribution in [3.63, 3.8) is 0 Å². The fourth-order valence-electron chi connectivity index (χ4n) is 4.55. The molecule has 1 atom stereocenters. The highest BCUT2D eigenvalue weighted by Gasteiger charge is 2.35. The molecule has 3 aromatic rings. The van der Waals surface area contributed by atoms with Crippen molar-refractivity contribution in [3.8, 4) is 0 Å². The van der Waals surface area contributed by atoms with E-state index < -0.39 is 45.3 Å². The number of anilines is 2. The van der Waals surface area contributed by atoms with Crippen LogP contribution >= 0.6 is 11.6 Å². The summed E-state index contributed by atoms with van der Waals surface area (Å²) in [6.45, 7) is 3.02. The molecule has 6 nitrogen and oxygen atoms in total. The molecule has 1 amide bonds. The molecular weight excluding hydrogens is 551 g/mol. The third-order valence-corrected chi connectivity index (χ3v) is 8.77. The lowest BCUT2D eigenvalue weighted by Gasteiger charge is -2.29. The number of carbonyl (C=O) groups is 1. The molecule has 0 bridgehead atoms. The summed E-state index contributed by atoms with van der Waals surface area (Å²) in [5.41, 5.74) is 0.384. The molecule has 0 saturated carbocycles. The molecule has 1 heterocycles. The van der Waals surface area contributed by atoms with E-state index in [2.05, 4.69) is 10.2 Å². The van der Waals surface area contributed by atoms with Crippen LogP contribution in [0.4, 0.5) is 24.5 Å². The normalized spacial score (nSPS) is 15.1. The quantitative estimate of drug-likeness (QED) is 0.334. The highest BCUT2D eigenvalue weighted by molar-refractivity contribution is 7.92. The number of nitrogens with zero attached hydrogens (tertiary/aromatic N) is 2. The van der Waals surface area contributed by atoms with Crippen molar-refractivity contribution in [2.45, 2.75) is 43.3 Å². The van der Waals surface area contributed by atoms with Crippen molar-refractivity contribution in [1.82, 2.24) is 5.32 Å². The number of nitrogens with one attached hydrogen (secondary N) is 1. The van der Waals surface area contributed by atoms with E-state index in [0.29, 0.717) is 10.4 Å². The Morgan fingerprint density at radius 3 is 2.26 bits per heavy atom. The van der Waals surface area contributed by atoms with Crippen LogP contribution in [0.2, 0.25) is 5.02 Å². The third-order valence-electron chi connectivity index (χ3n) is 6.65. The molecule has 1 N–H and O–H groups in total. The van der Waals surface area contributed by atoms with Crippen LogP contribution < -0.4 is 14.5 Å². The summed E-state index contributed by atoms with van der Waals surface area (Å²) in [5.74, 6) is -0.675. The maximum atomic E-state index is 13.5. The Kier molecular flexibility index (Phi) is 8.76. The second-order valence-electron chi connectivity index (χ2n) is 9.42. The van der Waals surface area contributed by atoms with Crippen LogP contribution in [-0.4, -0.2) is 34.0 Å². The minimum Gasteiger partial charge on any atom is -0.372 e. The van der Waals surface area contributed by atoms with Gasteiger partial charge in [-0.15, -0.1) is 0 Å². The first-order valence-electron chi connectivity index (χ1n) is 12.6. The van der Waals surface area contributed by atoms with Crippen LogP contribution in [0.25, 0.3) is 0 Å². The van der Waals surface area contributed by atoms with Gasteiger partial charge < -0.3 is 10.2 Å². The zero-order chi connectivity index (χ0) is 28.2. The van der Waals surface area contributed by atoms with E-state index in [0.717, 1.165) is 49.3 Å². The molecule has 4 rings (SSSR count). The van der Waals surface area contributed by atoms with Crippen molar-refractivity contribution >= 4 is 38.9 Å². The van der Waals surface area contributed by atoms with Crippen LogP contribution in [0.15, 0.2) is 77.7 Å². The molecule has 1 unspecified atom stereocenters. The number of alkyl halides is 3. The van der Waals surface area contributed by atoms with Crippen LogP contribution in [-0.2, 0) is 21.0 Å². The van der Waals surface area contributed by atoms with Gasteiger partial charge in [-0.05, 0) is 74.2 Å². The molecule has 208 valence electrons. The van der Waals surface area contributed by atoms with Gasteiger partial charge in [0, 0.05) is 18.8 Å². The summed E-state index contributed by atoms with van der Waals surface area (Å²) in [6.07, 6.45) is -1.29. The van der Waals surface area contributed by atoms with Crippen molar-refractivity contribution in [2.24, 2.45) is 0 Å². The van der Waals surface area contributed by atoms with E-state index in [9.17, 15) is 26.4 Å². The first-order valence-corrected chi connectivity index (χ1v) is 14.4. The van der Waals surface area contributed by atoms with Gasteiger partial charge in [-0.1, -0.05) is 41.9 Å². The standard InChI is InChI=1S/C28H29ClF3N3O3S/c1-20(21-10-12-22(13-11-21)34-16-6-3-7-17-34)33-27(36)19-35(39(37,38)24-8-4-2-5-9-24)23-14-15-26(29)25(18-23)28(30,31)32/h2,4-5,8-15,18,20H,3,6-7,16-17,19H2,1H3,(H,33,36). The summed E-state index contributed by atoms with van der Waals surface area (Å²) in [7, 11) is -4.39. The van der Waals surface area contributed by atoms with Crippen LogP contribution in [0.1, 0.15) is 43.4 Å². The second kappa shape index (κ2) is 11.9. The van der Waals surface area contributed by atoms with Crippen molar-refractivity contribution in [3.05, 3.63) is 88.9 Å². The number of sulfonamides is 1. The number of hydrogen-bond acceptors (Lipinski definition) is 4. The van der Waals surface area contributed by atoms with Gasteiger partial charge in [0.25, 0.3) is 10.0 Å². The predicted octanol–water partition coefficient (Wildman–Crippen LogP) is 6.42. The first-order chi connectivity index (χ1) is 18.5. The minimum atomic E-state index is -4.81. The topological polar surface area (TPSA) is 69.7 Å². The summed E-state index contributed by atoms with van der Waals surface area (Å²) in [4.78, 5) is 15.2. The lowest BCUT2D eigenvalue weighted by molar-refractivity contribution is -0.137. The zero-order valence-corrected chi connectivity index (χ0v) is 22.9. The monoisotopic (exact) mass is 579 g/mol. The van der Waals surface area contributed by atoms with Gasteiger partial charge in [-0.3, -0.25) is 9.10 Å². The minimum absolute atomic E-state index is 0.164. The Hall–Kier alpha value is -3.24. The van der Waals surface area contributed by atoms with E-state index in [1.54, 1.807) is 13.0 Å². The highest BCUT2D eigenvalue weighted by Crippen LogP contribution is 2.38. The number of amides is 1. The molecule has 1 saturated heterocycles. The van der Waals surface area contributed by atoms with Gasteiger partial charge in [-0.2, -0.15) is 13.2 Å². The summed E-state index contributed by atoms with van der Waals surface area (Å²) < 4.78 is 68.3. The van der Waals surface area contributed by atoms with Crippen LogP contribution in [0.3, 0.4) is 0 Å². The molecule has 0 aliphatic carbocycles. The molecule has 39 heavy (non-hydrogen) atoms. The summed E-state index contributed by atoms with van der Waals surface area (Å²) >= 11 is 5.75. The van der Waals surface area contributed by atoms with Gasteiger partial charge in [0.05, 0.1) is 27.2 Å². The molecule has 1 aliphatic rings. The fourth-order valence-corrected chi connectivity index (χ4v) is 6.21. The molecule has 1 aliphatic heterocycles. The second-order valence-corrected chi connectivity index (χ2v) is 11.7. The van der Waals surface area contributed by atoms with Crippen molar-refractivity contribution in [1.29, 1.82) is 0 Å². The maximum Gasteiger partial charge on any atom is 0.417 e. The maximum absolute atomic E-state index is 13.5. The Bertz CT molecular complexity index is 1400. The number of carbonyl (C=O) groups excluding carboxylic acids is 1. The summed E-state index contributed by atoms with van der Waals surface area (Å²) in [5, 5.41) is 2.19. The highest BCUT2D eigenvalue weighted by atomic mass is 35.5. The van der Waals surface area contributed by atoms with E-state index in [1.807, 2.05) is 24.3 Å². The van der Waals surface area contributed by atoms with Crippen molar-refractivity contribution in [2.75, 3.05) is 28.8 Å². The fraction of sp³-hybridized carbons (Fsp3) is 0.321. The Morgan fingerprint density at radius 2 is 1.64 bits per heavy atom. The van der Waals surface area contributed by atoms with E-state index in [1.165, 1.54) is 30.7 Å². The largest absolute Gasteiger partial charge is 0.417 e. The SMILES string of the molecule is CC(NC(=O)CN(c1ccc(Cl)c(C(F)(F)F)c1)S(=O)(=O)c1ccccc1)c1ccc(N2CCCCC2)cc1. The van der Waals surface area contributed by atoms with Crippen LogP contribution in [0, 0.1) is 0 Å². The Morgan fingerprint density at radius 1 is 1.00 bits per heavy atom. The molecular formula is C28H29ClF3N3O3S. The number of halogens is 4. The number of hydrogen-bond donors (Lipinski definition) is 1. The van der Waals surface area contributed by atoms with Gasteiger partial charge in [0.15, 0.2) is 0 Å². The number of rotatable bonds is 8. The third kappa shape index (κ3) is 6.86. The van der Waals surface area contributed by atoms with Gasteiger partial charge in [-0.25, -0.2) is 8.42 Å². The Labute approximate surface area is 231 Å². The lowest BCUT2D eigenvalue weighted by atomic mass is 10.1. The molecule has 3 aromatic carbocycles. The Balaban J connectivity index is 1.57. The molecule has 0 radical (unpaired) electrons. The van der Waals surface area contributed by atoms with E-state index in [-0.39, 0.29) is 10.6 Å². The first kappa shape index (κ1) is 28.8. The molecule has 1 fully saturated rings. The van der Waals surface area contributed by atoms with E-state index >= 15 is 0 Å². The van der Waals surface area contributed by atoms with E-state index in [4.69, 9.17) is 11.6 Å². The van der Waals surface area contributed by atoms with Crippen molar-refractivity contribution < 1.29 is 26.4 Å². The van der Waals surface area contributed by atoms with Gasteiger partial charge in [0.2, 0.25) is 5.91 Å². The predicted molar refractivity (Wildman–Crippen MR) is 146 cm³/mol. The lowest BCUT2D eigenvalue weighted by Crippen LogP contribution is -2.41. The summed E-state index contributed by atoms with van der Waals surface area (Å²) in [6, 6.07) is 17.3. The average molecular weight is 580 g/mol. The van der Waals surface area contributed by atoms with Gasteiger partial charge in [0.1, 0.15) is 6.54 Å². The molecule has 0 aromatic heterocycles. The van der Waals surface area contributed by atoms with Gasteiger partial charge >= 0.3 is 6.18 Å². The van der Waals surface area contributed by atoms with Crippen LogP contribution in [0.5, 0.6) is 0 Å². The number of benzene rings is 3. The zero-order valence-electron chi connectivity index (χ0n) is 21.3. The molecule has 0 spiro atoms. The number of piperidine rings is 1. The molecule has 11 heteroatoms. The average Bonchev–Trinajstić information content (AvgIpc) is 2.92. The smallest absolute Gasteiger partial charge is 0.372 e.